The van der Waals surface area contributed by atoms with Crippen LogP contribution in [0.15, 0.2) is 51.5 Å². The first-order valence-electron chi connectivity index (χ1n) is 6.59. The fourth-order valence-corrected chi connectivity index (χ4v) is 2.66. The van der Waals surface area contributed by atoms with Crippen molar-refractivity contribution in [3.05, 3.63) is 63.4 Å². The molecule has 0 saturated heterocycles. The highest BCUT2D eigenvalue weighted by Gasteiger charge is 2.10. The van der Waals surface area contributed by atoms with Gasteiger partial charge in [-0.1, -0.05) is 46.6 Å². The Kier molecular flexibility index (Phi) is 4.45. The van der Waals surface area contributed by atoms with Crippen molar-refractivity contribution in [1.82, 2.24) is 10.1 Å². The van der Waals surface area contributed by atoms with Gasteiger partial charge in [0, 0.05) is 10.6 Å². The molecule has 0 amide bonds. The summed E-state index contributed by atoms with van der Waals surface area (Å²) in [5.74, 6) is 1.63. The summed E-state index contributed by atoms with van der Waals surface area (Å²) in [6.07, 6.45) is 0. The standard InChI is InChI=1S/C16H12BrClN2O2/c1-10-2-4-11(5-3-10)16-19-15(22-20-16)9-21-14-7-6-12(18)8-13(14)17/h2-8H,9H2,1H3. The van der Waals surface area contributed by atoms with Gasteiger partial charge in [0.05, 0.1) is 4.47 Å². The lowest BCUT2D eigenvalue weighted by atomic mass is 10.1. The van der Waals surface area contributed by atoms with Crippen LogP contribution < -0.4 is 4.74 Å². The van der Waals surface area contributed by atoms with Crippen LogP contribution in [-0.2, 0) is 6.61 Å². The van der Waals surface area contributed by atoms with Crippen LogP contribution in [0.25, 0.3) is 11.4 Å². The van der Waals surface area contributed by atoms with E-state index < -0.39 is 0 Å². The molecule has 3 rings (SSSR count). The van der Waals surface area contributed by atoms with E-state index in [2.05, 4.69) is 26.1 Å². The number of aromatic nitrogens is 2. The molecule has 0 fully saturated rings. The Bertz CT molecular complexity index is 787. The molecule has 0 spiro atoms. The molecule has 3 aromatic rings. The minimum atomic E-state index is 0.194. The van der Waals surface area contributed by atoms with Crippen molar-refractivity contribution < 1.29 is 9.26 Å². The molecular formula is C16H12BrClN2O2. The SMILES string of the molecule is Cc1ccc(-c2noc(COc3ccc(Cl)cc3Br)n2)cc1. The zero-order valence-corrected chi connectivity index (χ0v) is 14.1. The van der Waals surface area contributed by atoms with Gasteiger partial charge >= 0.3 is 0 Å². The highest BCUT2D eigenvalue weighted by molar-refractivity contribution is 9.10. The third-order valence-corrected chi connectivity index (χ3v) is 3.88. The Balaban J connectivity index is 1.70. The van der Waals surface area contributed by atoms with Gasteiger partial charge in [0.2, 0.25) is 5.82 Å². The fraction of sp³-hybridized carbons (Fsp3) is 0.125. The molecule has 6 heteroatoms. The van der Waals surface area contributed by atoms with E-state index in [0.29, 0.717) is 22.5 Å². The first-order valence-corrected chi connectivity index (χ1v) is 7.76. The molecule has 0 atom stereocenters. The van der Waals surface area contributed by atoms with Crippen molar-refractivity contribution in [3.63, 3.8) is 0 Å². The van der Waals surface area contributed by atoms with Gasteiger partial charge in [-0.15, -0.1) is 0 Å². The van der Waals surface area contributed by atoms with Gasteiger partial charge in [-0.25, -0.2) is 0 Å². The third-order valence-electron chi connectivity index (χ3n) is 3.02. The first kappa shape index (κ1) is 15.1. The molecule has 0 radical (unpaired) electrons. The van der Waals surface area contributed by atoms with E-state index in [1.165, 1.54) is 5.56 Å². The highest BCUT2D eigenvalue weighted by atomic mass is 79.9. The molecule has 112 valence electrons. The van der Waals surface area contributed by atoms with E-state index in [1.54, 1.807) is 18.2 Å². The van der Waals surface area contributed by atoms with E-state index in [4.69, 9.17) is 20.9 Å². The van der Waals surface area contributed by atoms with Gasteiger partial charge in [0.15, 0.2) is 6.61 Å². The molecule has 2 aromatic carbocycles. The normalized spacial score (nSPS) is 10.7. The summed E-state index contributed by atoms with van der Waals surface area (Å²) in [5, 5.41) is 4.60. The van der Waals surface area contributed by atoms with Crippen molar-refractivity contribution in [2.75, 3.05) is 0 Å². The number of rotatable bonds is 4. The average molecular weight is 380 g/mol. The van der Waals surface area contributed by atoms with Gasteiger partial charge in [0.25, 0.3) is 5.89 Å². The molecule has 1 aromatic heterocycles. The quantitative estimate of drug-likeness (QED) is 0.637. The van der Waals surface area contributed by atoms with Crippen LogP contribution in [0.4, 0.5) is 0 Å². The molecular weight excluding hydrogens is 368 g/mol. The fourth-order valence-electron chi connectivity index (χ4n) is 1.87. The maximum Gasteiger partial charge on any atom is 0.264 e. The van der Waals surface area contributed by atoms with E-state index in [1.807, 2.05) is 31.2 Å². The minimum Gasteiger partial charge on any atom is -0.483 e. The van der Waals surface area contributed by atoms with Crippen LogP contribution >= 0.6 is 27.5 Å². The predicted molar refractivity (Wildman–Crippen MR) is 88.0 cm³/mol. The van der Waals surface area contributed by atoms with Gasteiger partial charge in [0.1, 0.15) is 5.75 Å². The second kappa shape index (κ2) is 6.50. The van der Waals surface area contributed by atoms with Crippen molar-refractivity contribution in [3.8, 4) is 17.1 Å². The Morgan fingerprint density at radius 2 is 1.95 bits per heavy atom. The summed E-state index contributed by atoms with van der Waals surface area (Å²) in [5.41, 5.74) is 2.09. The lowest BCUT2D eigenvalue weighted by Crippen LogP contribution is -1.96. The molecule has 22 heavy (non-hydrogen) atoms. The Hall–Kier alpha value is -1.85. The van der Waals surface area contributed by atoms with Crippen LogP contribution in [0.2, 0.25) is 5.02 Å². The van der Waals surface area contributed by atoms with Gasteiger partial charge in [-0.05, 0) is 41.1 Å². The molecule has 1 heterocycles. The maximum absolute atomic E-state index is 5.89. The number of halogens is 2. The largest absolute Gasteiger partial charge is 0.483 e. The molecule has 0 bridgehead atoms. The van der Waals surface area contributed by atoms with Crippen molar-refractivity contribution in [2.45, 2.75) is 13.5 Å². The lowest BCUT2D eigenvalue weighted by molar-refractivity contribution is 0.242. The Labute approximate surface area is 141 Å². The second-order valence-electron chi connectivity index (χ2n) is 4.74. The zero-order chi connectivity index (χ0) is 15.5. The van der Waals surface area contributed by atoms with Crippen molar-refractivity contribution >= 4 is 27.5 Å². The maximum atomic E-state index is 5.89. The number of nitrogens with zero attached hydrogens (tertiary/aromatic N) is 2. The summed E-state index contributed by atoms with van der Waals surface area (Å²) in [6.45, 7) is 2.22. The molecule has 0 N–H and O–H groups in total. The number of hydrogen-bond donors (Lipinski definition) is 0. The highest BCUT2D eigenvalue weighted by Crippen LogP contribution is 2.28. The van der Waals surface area contributed by atoms with Gasteiger partial charge in [-0.2, -0.15) is 4.98 Å². The van der Waals surface area contributed by atoms with Crippen LogP contribution in [0.5, 0.6) is 5.75 Å². The Morgan fingerprint density at radius 3 is 2.68 bits per heavy atom. The summed E-state index contributed by atoms with van der Waals surface area (Å²) >= 11 is 9.28. The first-order chi connectivity index (χ1) is 10.6. The van der Waals surface area contributed by atoms with Gasteiger partial charge < -0.3 is 9.26 Å². The third kappa shape index (κ3) is 3.48. The molecule has 0 saturated carbocycles. The topological polar surface area (TPSA) is 48.2 Å². The predicted octanol–water partition coefficient (Wildman–Crippen LogP) is 5.04. The minimum absolute atomic E-state index is 0.194. The molecule has 0 unspecified atom stereocenters. The number of ether oxygens (including phenoxy) is 1. The van der Waals surface area contributed by atoms with Crippen LogP contribution in [0, 0.1) is 6.92 Å². The summed E-state index contributed by atoms with van der Waals surface area (Å²) < 4.78 is 11.6. The monoisotopic (exact) mass is 378 g/mol. The number of benzene rings is 2. The summed E-state index contributed by atoms with van der Waals surface area (Å²) in [4.78, 5) is 4.33. The molecule has 0 aliphatic rings. The van der Waals surface area contributed by atoms with Crippen LogP contribution in [0.3, 0.4) is 0 Å². The van der Waals surface area contributed by atoms with E-state index >= 15 is 0 Å². The van der Waals surface area contributed by atoms with Crippen LogP contribution in [0.1, 0.15) is 11.5 Å². The Morgan fingerprint density at radius 1 is 1.18 bits per heavy atom. The number of aryl methyl sites for hydroxylation is 1. The molecule has 4 nitrogen and oxygen atoms in total. The van der Waals surface area contributed by atoms with E-state index in [0.717, 1.165) is 10.0 Å². The summed E-state index contributed by atoms with van der Waals surface area (Å²) in [6, 6.07) is 13.2. The van der Waals surface area contributed by atoms with Crippen molar-refractivity contribution in [2.24, 2.45) is 0 Å². The van der Waals surface area contributed by atoms with Gasteiger partial charge in [-0.3, -0.25) is 0 Å². The lowest BCUT2D eigenvalue weighted by Gasteiger charge is -2.05. The summed E-state index contributed by atoms with van der Waals surface area (Å²) in [7, 11) is 0. The second-order valence-corrected chi connectivity index (χ2v) is 6.03. The molecule has 0 aliphatic heterocycles. The number of hydrogen-bond acceptors (Lipinski definition) is 4. The van der Waals surface area contributed by atoms with Crippen LogP contribution in [-0.4, -0.2) is 10.1 Å². The van der Waals surface area contributed by atoms with Crippen molar-refractivity contribution in [1.29, 1.82) is 0 Å². The zero-order valence-electron chi connectivity index (χ0n) is 11.7. The molecule has 0 aliphatic carbocycles. The van der Waals surface area contributed by atoms with E-state index in [-0.39, 0.29) is 6.61 Å². The average Bonchev–Trinajstić information content (AvgIpc) is 2.96. The smallest absolute Gasteiger partial charge is 0.264 e. The van der Waals surface area contributed by atoms with E-state index in [9.17, 15) is 0 Å².